The van der Waals surface area contributed by atoms with Crippen molar-refractivity contribution < 1.29 is 0 Å². The Morgan fingerprint density at radius 2 is 1.65 bits per heavy atom. The van der Waals surface area contributed by atoms with Crippen molar-refractivity contribution in [3.05, 3.63) is 42.4 Å². The zero-order chi connectivity index (χ0) is 13.8. The molecule has 0 N–H and O–H groups in total. The van der Waals surface area contributed by atoms with E-state index in [0.717, 1.165) is 37.9 Å². The number of nitriles is 1. The molecular formula is C14H14N6. The Morgan fingerprint density at radius 3 is 2.25 bits per heavy atom. The molecule has 20 heavy (non-hydrogen) atoms. The molecule has 6 heteroatoms. The van der Waals surface area contributed by atoms with Gasteiger partial charge in [0.15, 0.2) is 0 Å². The summed E-state index contributed by atoms with van der Waals surface area (Å²) < 4.78 is 0. The minimum atomic E-state index is 0.588. The maximum atomic E-state index is 8.78. The molecule has 6 nitrogen and oxygen atoms in total. The molecule has 0 amide bonds. The fourth-order valence-corrected chi connectivity index (χ4v) is 2.23. The molecule has 1 aliphatic heterocycles. The van der Waals surface area contributed by atoms with Gasteiger partial charge in [-0.3, -0.25) is 0 Å². The van der Waals surface area contributed by atoms with E-state index in [2.05, 4.69) is 30.8 Å². The first-order valence-electron chi connectivity index (χ1n) is 6.50. The molecule has 1 saturated heterocycles. The van der Waals surface area contributed by atoms with E-state index in [0.29, 0.717) is 5.56 Å². The smallest absolute Gasteiger partial charge is 0.225 e. The topological polar surface area (TPSA) is 68.9 Å². The molecule has 2 aromatic heterocycles. The molecule has 0 atom stereocenters. The Labute approximate surface area is 117 Å². The van der Waals surface area contributed by atoms with Crippen molar-refractivity contribution in [1.82, 2.24) is 15.0 Å². The molecule has 3 rings (SSSR count). The lowest BCUT2D eigenvalue weighted by Crippen LogP contribution is -2.47. The summed E-state index contributed by atoms with van der Waals surface area (Å²) in [5.74, 6) is 1.69. The molecule has 1 fully saturated rings. The van der Waals surface area contributed by atoms with E-state index in [1.807, 2.05) is 12.1 Å². The van der Waals surface area contributed by atoms with Crippen LogP contribution < -0.4 is 9.80 Å². The maximum absolute atomic E-state index is 8.78. The second kappa shape index (κ2) is 5.53. The van der Waals surface area contributed by atoms with Crippen molar-refractivity contribution in [2.75, 3.05) is 36.0 Å². The Balaban J connectivity index is 1.65. The summed E-state index contributed by atoms with van der Waals surface area (Å²) in [5, 5.41) is 8.78. The average molecular weight is 266 g/mol. The first-order valence-corrected chi connectivity index (χ1v) is 6.50. The second-order valence-corrected chi connectivity index (χ2v) is 4.54. The molecule has 0 radical (unpaired) electrons. The predicted molar refractivity (Wildman–Crippen MR) is 75.4 cm³/mol. The monoisotopic (exact) mass is 266 g/mol. The number of piperazine rings is 1. The highest BCUT2D eigenvalue weighted by Gasteiger charge is 2.19. The lowest BCUT2D eigenvalue weighted by Gasteiger charge is -2.35. The van der Waals surface area contributed by atoms with E-state index >= 15 is 0 Å². The maximum Gasteiger partial charge on any atom is 0.225 e. The van der Waals surface area contributed by atoms with E-state index in [1.54, 1.807) is 24.7 Å². The molecule has 0 aliphatic carbocycles. The number of anilines is 2. The van der Waals surface area contributed by atoms with Gasteiger partial charge in [-0.2, -0.15) is 5.26 Å². The molecule has 3 heterocycles. The third-order valence-electron chi connectivity index (χ3n) is 3.32. The Kier molecular flexibility index (Phi) is 3.42. The van der Waals surface area contributed by atoms with E-state index < -0.39 is 0 Å². The van der Waals surface area contributed by atoms with E-state index in [-0.39, 0.29) is 0 Å². The van der Waals surface area contributed by atoms with E-state index in [4.69, 9.17) is 5.26 Å². The van der Waals surface area contributed by atoms with Crippen LogP contribution >= 0.6 is 0 Å². The summed E-state index contributed by atoms with van der Waals surface area (Å²) in [6.07, 6.45) is 5.13. The highest BCUT2D eigenvalue weighted by Crippen LogP contribution is 2.16. The highest BCUT2D eigenvalue weighted by molar-refractivity contribution is 5.44. The summed E-state index contributed by atoms with van der Waals surface area (Å²) in [4.78, 5) is 17.2. The lowest BCUT2D eigenvalue weighted by molar-refractivity contribution is 0.634. The van der Waals surface area contributed by atoms with Gasteiger partial charge in [-0.25, -0.2) is 15.0 Å². The lowest BCUT2D eigenvalue weighted by atomic mass is 10.2. The Bertz CT molecular complexity index is 596. The van der Waals surface area contributed by atoms with Crippen molar-refractivity contribution in [2.45, 2.75) is 0 Å². The minimum absolute atomic E-state index is 0.588. The molecule has 1 aliphatic rings. The Hall–Kier alpha value is -2.68. The first kappa shape index (κ1) is 12.4. The van der Waals surface area contributed by atoms with Crippen molar-refractivity contribution in [3.63, 3.8) is 0 Å². The molecule has 2 aromatic rings. The molecule has 0 aromatic carbocycles. The van der Waals surface area contributed by atoms with Gasteiger partial charge in [-0.15, -0.1) is 0 Å². The minimum Gasteiger partial charge on any atom is -0.353 e. The van der Waals surface area contributed by atoms with Crippen molar-refractivity contribution in [1.29, 1.82) is 5.26 Å². The summed E-state index contributed by atoms with van der Waals surface area (Å²) in [6, 6.07) is 7.60. The van der Waals surface area contributed by atoms with Gasteiger partial charge in [0.25, 0.3) is 0 Å². The zero-order valence-electron chi connectivity index (χ0n) is 11.0. The van der Waals surface area contributed by atoms with Crippen LogP contribution in [-0.2, 0) is 0 Å². The quantitative estimate of drug-likeness (QED) is 0.810. The first-order chi connectivity index (χ1) is 9.86. The molecule has 0 bridgehead atoms. The number of hydrogen-bond donors (Lipinski definition) is 0. The zero-order valence-corrected chi connectivity index (χ0v) is 11.0. The van der Waals surface area contributed by atoms with Crippen LogP contribution in [0, 0.1) is 11.3 Å². The van der Waals surface area contributed by atoms with E-state index in [1.165, 1.54) is 0 Å². The number of nitrogens with zero attached hydrogens (tertiary/aromatic N) is 6. The normalized spacial score (nSPS) is 14.9. The van der Waals surface area contributed by atoms with Gasteiger partial charge in [0, 0.05) is 44.8 Å². The van der Waals surface area contributed by atoms with Gasteiger partial charge >= 0.3 is 0 Å². The molecule has 0 saturated carbocycles. The fraction of sp³-hybridized carbons (Fsp3) is 0.286. The fourth-order valence-electron chi connectivity index (χ4n) is 2.23. The van der Waals surface area contributed by atoms with Crippen molar-refractivity contribution in [2.24, 2.45) is 0 Å². The van der Waals surface area contributed by atoms with Crippen LogP contribution in [0.25, 0.3) is 0 Å². The summed E-state index contributed by atoms with van der Waals surface area (Å²) in [6.45, 7) is 3.48. The summed E-state index contributed by atoms with van der Waals surface area (Å²) in [5.41, 5.74) is 0.588. The van der Waals surface area contributed by atoms with Crippen LogP contribution in [-0.4, -0.2) is 41.1 Å². The van der Waals surface area contributed by atoms with Crippen molar-refractivity contribution >= 4 is 11.8 Å². The number of hydrogen-bond acceptors (Lipinski definition) is 6. The van der Waals surface area contributed by atoms with Crippen molar-refractivity contribution in [3.8, 4) is 6.07 Å². The molecule has 0 unspecified atom stereocenters. The van der Waals surface area contributed by atoms with Gasteiger partial charge in [0.05, 0.1) is 5.56 Å². The van der Waals surface area contributed by atoms with Crippen LogP contribution in [0.1, 0.15) is 5.56 Å². The van der Waals surface area contributed by atoms with Gasteiger partial charge < -0.3 is 9.80 Å². The largest absolute Gasteiger partial charge is 0.353 e. The summed E-state index contributed by atoms with van der Waals surface area (Å²) >= 11 is 0. The number of aromatic nitrogens is 3. The average Bonchev–Trinajstić information content (AvgIpc) is 2.56. The van der Waals surface area contributed by atoms with E-state index in [9.17, 15) is 0 Å². The SMILES string of the molecule is N#Cc1ccc(N2CCN(c3ncccn3)CC2)nc1. The third kappa shape index (κ3) is 2.52. The summed E-state index contributed by atoms with van der Waals surface area (Å²) in [7, 11) is 0. The number of rotatable bonds is 2. The van der Waals surface area contributed by atoms with Gasteiger partial charge in [-0.1, -0.05) is 0 Å². The number of pyridine rings is 1. The predicted octanol–water partition coefficient (Wildman–Crippen LogP) is 1.07. The molecular weight excluding hydrogens is 252 g/mol. The van der Waals surface area contributed by atoms with Crippen LogP contribution in [0.5, 0.6) is 0 Å². The third-order valence-corrected chi connectivity index (χ3v) is 3.32. The highest BCUT2D eigenvalue weighted by atomic mass is 15.3. The Morgan fingerprint density at radius 1 is 0.950 bits per heavy atom. The van der Waals surface area contributed by atoms with Crippen LogP contribution in [0.2, 0.25) is 0 Å². The van der Waals surface area contributed by atoms with Crippen LogP contribution in [0.4, 0.5) is 11.8 Å². The van der Waals surface area contributed by atoms with Gasteiger partial charge in [0.1, 0.15) is 11.9 Å². The second-order valence-electron chi connectivity index (χ2n) is 4.54. The van der Waals surface area contributed by atoms with Gasteiger partial charge in [0.2, 0.25) is 5.95 Å². The van der Waals surface area contributed by atoms with Crippen LogP contribution in [0.15, 0.2) is 36.8 Å². The standard InChI is InChI=1S/C14H14N6/c15-10-12-2-3-13(18-11-12)19-6-8-20(9-7-19)14-16-4-1-5-17-14/h1-5,11H,6-9H2. The molecule has 0 spiro atoms. The van der Waals surface area contributed by atoms with Gasteiger partial charge in [-0.05, 0) is 18.2 Å². The van der Waals surface area contributed by atoms with Crippen LogP contribution in [0.3, 0.4) is 0 Å². The molecule has 100 valence electrons.